The Hall–Kier alpha value is -2.70. The van der Waals surface area contributed by atoms with E-state index in [2.05, 4.69) is 15.0 Å². The molecule has 1 heterocycles. The molecule has 1 N–H and O–H groups in total. The van der Waals surface area contributed by atoms with Crippen molar-refractivity contribution in [3.63, 3.8) is 0 Å². The van der Waals surface area contributed by atoms with Crippen molar-refractivity contribution in [3.8, 4) is 10.6 Å². The smallest absolute Gasteiger partial charge is 0.337 e. The second-order valence-electron chi connectivity index (χ2n) is 5.70. The number of hydrogen-bond donors (Lipinski definition) is 1. The average molecular weight is 401 g/mol. The normalized spacial score (nSPS) is 10.4. The van der Waals surface area contributed by atoms with Gasteiger partial charge in [-0.25, -0.2) is 9.78 Å². The van der Waals surface area contributed by atoms with Crippen molar-refractivity contribution in [2.45, 2.75) is 6.42 Å². The number of methoxy groups -OCH3 is 1. The van der Waals surface area contributed by atoms with Crippen molar-refractivity contribution in [2.75, 3.05) is 13.7 Å². The van der Waals surface area contributed by atoms with Crippen molar-refractivity contribution in [3.05, 3.63) is 75.8 Å². The summed E-state index contributed by atoms with van der Waals surface area (Å²) in [6.07, 6.45) is 2.22. The maximum atomic E-state index is 12.3. The summed E-state index contributed by atoms with van der Waals surface area (Å²) in [4.78, 5) is 28.6. The van der Waals surface area contributed by atoms with Crippen LogP contribution in [0, 0.1) is 0 Å². The van der Waals surface area contributed by atoms with Crippen LogP contribution in [0.4, 0.5) is 0 Å². The van der Waals surface area contributed by atoms with Gasteiger partial charge >= 0.3 is 5.97 Å². The molecule has 0 spiro atoms. The minimum absolute atomic E-state index is 0.169. The molecule has 0 aliphatic carbocycles. The molecule has 0 bridgehead atoms. The van der Waals surface area contributed by atoms with E-state index in [-0.39, 0.29) is 11.9 Å². The van der Waals surface area contributed by atoms with Crippen molar-refractivity contribution in [1.29, 1.82) is 0 Å². The van der Waals surface area contributed by atoms with Crippen LogP contribution in [-0.2, 0) is 11.2 Å². The van der Waals surface area contributed by atoms with Gasteiger partial charge in [-0.2, -0.15) is 0 Å². The second-order valence-corrected chi connectivity index (χ2v) is 7.14. The Morgan fingerprint density at radius 1 is 1.15 bits per heavy atom. The van der Waals surface area contributed by atoms with Crippen molar-refractivity contribution in [1.82, 2.24) is 10.3 Å². The Kier molecular flexibility index (Phi) is 6.21. The Bertz CT molecular complexity index is 954. The van der Waals surface area contributed by atoms with Crippen LogP contribution in [-0.4, -0.2) is 30.5 Å². The molecule has 1 aromatic heterocycles. The first-order valence-electron chi connectivity index (χ1n) is 8.24. The fourth-order valence-corrected chi connectivity index (χ4v) is 3.62. The van der Waals surface area contributed by atoms with E-state index in [0.29, 0.717) is 33.4 Å². The predicted molar refractivity (Wildman–Crippen MR) is 106 cm³/mol. The Morgan fingerprint density at radius 2 is 1.89 bits per heavy atom. The van der Waals surface area contributed by atoms with Gasteiger partial charge in [0.1, 0.15) is 9.88 Å². The molecule has 3 aromatic rings. The van der Waals surface area contributed by atoms with Gasteiger partial charge in [0.25, 0.3) is 5.91 Å². The van der Waals surface area contributed by atoms with E-state index in [9.17, 15) is 9.59 Å². The maximum Gasteiger partial charge on any atom is 0.337 e. The molecular weight excluding hydrogens is 384 g/mol. The van der Waals surface area contributed by atoms with Crippen LogP contribution in [0.15, 0.2) is 54.7 Å². The molecule has 0 radical (unpaired) electrons. The van der Waals surface area contributed by atoms with Crippen LogP contribution >= 0.6 is 22.9 Å². The predicted octanol–water partition coefficient (Wildman–Crippen LogP) is 4.22. The third kappa shape index (κ3) is 4.72. The lowest BCUT2D eigenvalue weighted by Crippen LogP contribution is -2.24. The quantitative estimate of drug-likeness (QED) is 0.629. The highest BCUT2D eigenvalue weighted by Crippen LogP contribution is 2.30. The van der Waals surface area contributed by atoms with Crippen LogP contribution in [0.5, 0.6) is 0 Å². The van der Waals surface area contributed by atoms with Crippen molar-refractivity contribution in [2.24, 2.45) is 0 Å². The minimum Gasteiger partial charge on any atom is -0.465 e. The molecule has 27 heavy (non-hydrogen) atoms. The molecule has 1 amide bonds. The minimum atomic E-state index is -0.366. The zero-order chi connectivity index (χ0) is 19.2. The van der Waals surface area contributed by atoms with Gasteiger partial charge < -0.3 is 10.1 Å². The van der Waals surface area contributed by atoms with Gasteiger partial charge in [0.05, 0.1) is 23.9 Å². The fourth-order valence-electron chi connectivity index (χ4n) is 2.47. The monoisotopic (exact) mass is 400 g/mol. The second kappa shape index (κ2) is 8.79. The summed E-state index contributed by atoms with van der Waals surface area (Å²) >= 11 is 7.48. The number of nitrogens with zero attached hydrogens (tertiary/aromatic N) is 1. The third-order valence-electron chi connectivity index (χ3n) is 3.91. The van der Waals surface area contributed by atoms with Crippen LogP contribution in [0.2, 0.25) is 5.02 Å². The zero-order valence-electron chi connectivity index (χ0n) is 14.6. The van der Waals surface area contributed by atoms with Crippen LogP contribution in [0.3, 0.4) is 0 Å². The molecule has 5 nitrogen and oxygen atoms in total. The fraction of sp³-hybridized carbons (Fsp3) is 0.150. The van der Waals surface area contributed by atoms with E-state index >= 15 is 0 Å². The molecule has 0 aliphatic rings. The first kappa shape index (κ1) is 19.1. The van der Waals surface area contributed by atoms with Gasteiger partial charge in [0, 0.05) is 12.1 Å². The van der Waals surface area contributed by atoms with Crippen LogP contribution in [0.25, 0.3) is 10.6 Å². The number of amides is 1. The van der Waals surface area contributed by atoms with Gasteiger partial charge in [0.2, 0.25) is 0 Å². The molecule has 3 rings (SSSR count). The number of benzene rings is 2. The number of rotatable bonds is 6. The molecule has 0 fully saturated rings. The molecule has 0 atom stereocenters. The Labute approximate surface area is 166 Å². The number of thiazole rings is 1. The SMILES string of the molecule is COC(=O)c1ccc(CCNC(=O)c2cnc(-c3ccccc3Cl)s2)cc1. The lowest BCUT2D eigenvalue weighted by atomic mass is 10.1. The molecule has 0 saturated heterocycles. The molecule has 0 aliphatic heterocycles. The summed E-state index contributed by atoms with van der Waals surface area (Å²) in [5.41, 5.74) is 2.33. The Morgan fingerprint density at radius 3 is 2.59 bits per heavy atom. The van der Waals surface area contributed by atoms with Gasteiger partial charge in [-0.1, -0.05) is 41.9 Å². The van der Waals surface area contributed by atoms with Gasteiger partial charge in [-0.05, 0) is 30.2 Å². The molecular formula is C20H17ClN2O3S. The van der Waals surface area contributed by atoms with Crippen molar-refractivity contribution >= 4 is 34.8 Å². The highest BCUT2D eigenvalue weighted by molar-refractivity contribution is 7.17. The van der Waals surface area contributed by atoms with Crippen LogP contribution < -0.4 is 5.32 Å². The number of aromatic nitrogens is 1. The highest BCUT2D eigenvalue weighted by Gasteiger charge is 2.13. The number of halogens is 1. The standard InChI is InChI=1S/C20H17ClN2O3S/c1-26-20(25)14-8-6-13(7-9-14)10-11-22-18(24)17-12-23-19(27-17)15-4-2-3-5-16(15)21/h2-9,12H,10-11H2,1H3,(H,22,24). The highest BCUT2D eigenvalue weighted by atomic mass is 35.5. The van der Waals surface area contributed by atoms with E-state index in [4.69, 9.17) is 11.6 Å². The summed E-state index contributed by atoms with van der Waals surface area (Å²) in [7, 11) is 1.35. The molecule has 7 heteroatoms. The number of ether oxygens (including phenoxy) is 1. The Balaban J connectivity index is 1.56. The molecule has 2 aromatic carbocycles. The van der Waals surface area contributed by atoms with Gasteiger partial charge in [0.15, 0.2) is 0 Å². The molecule has 0 saturated carbocycles. The summed E-state index contributed by atoms with van der Waals surface area (Å²) in [5, 5.41) is 4.20. The topological polar surface area (TPSA) is 68.3 Å². The van der Waals surface area contributed by atoms with Crippen molar-refractivity contribution < 1.29 is 14.3 Å². The summed E-state index contributed by atoms with van der Waals surface area (Å²) in [6.45, 7) is 0.482. The average Bonchev–Trinajstić information content (AvgIpc) is 3.18. The molecule has 138 valence electrons. The number of carbonyl (C=O) groups is 2. The number of carbonyl (C=O) groups excluding carboxylic acids is 2. The molecule has 0 unspecified atom stereocenters. The van der Waals surface area contributed by atoms with E-state index in [1.54, 1.807) is 24.4 Å². The summed E-state index contributed by atoms with van der Waals surface area (Å²) in [6, 6.07) is 14.5. The number of hydrogen-bond acceptors (Lipinski definition) is 5. The summed E-state index contributed by atoms with van der Waals surface area (Å²) in [5.74, 6) is -0.536. The van der Waals surface area contributed by atoms with E-state index in [0.717, 1.165) is 11.1 Å². The van der Waals surface area contributed by atoms with Crippen LogP contribution in [0.1, 0.15) is 25.6 Å². The lowest BCUT2D eigenvalue weighted by molar-refractivity contribution is 0.0600. The third-order valence-corrected chi connectivity index (χ3v) is 5.27. The van der Waals surface area contributed by atoms with E-state index in [1.165, 1.54) is 18.4 Å². The first-order valence-corrected chi connectivity index (χ1v) is 9.44. The largest absolute Gasteiger partial charge is 0.465 e. The van der Waals surface area contributed by atoms with E-state index in [1.807, 2.05) is 30.3 Å². The zero-order valence-corrected chi connectivity index (χ0v) is 16.1. The summed E-state index contributed by atoms with van der Waals surface area (Å²) < 4.78 is 4.67. The maximum absolute atomic E-state index is 12.3. The van der Waals surface area contributed by atoms with Gasteiger partial charge in [-0.3, -0.25) is 4.79 Å². The number of esters is 1. The first-order chi connectivity index (χ1) is 13.1. The number of nitrogens with one attached hydrogen (secondary N) is 1. The van der Waals surface area contributed by atoms with E-state index < -0.39 is 0 Å². The van der Waals surface area contributed by atoms with Gasteiger partial charge in [-0.15, -0.1) is 11.3 Å². The lowest BCUT2D eigenvalue weighted by Gasteiger charge is -2.05.